The van der Waals surface area contributed by atoms with Gasteiger partial charge in [-0.1, -0.05) is 18.2 Å². The summed E-state index contributed by atoms with van der Waals surface area (Å²) in [4.78, 5) is 21.9. The van der Waals surface area contributed by atoms with Gasteiger partial charge in [0.25, 0.3) is 5.69 Å². The Hall–Kier alpha value is -3.10. The van der Waals surface area contributed by atoms with E-state index in [-0.39, 0.29) is 10.6 Å². The van der Waals surface area contributed by atoms with Gasteiger partial charge in [-0.05, 0) is 30.3 Å². The number of aromatic nitrogens is 2. The molecular formula is C19H20N6O2. The number of fused-ring (bicyclic) bond motifs is 1. The Bertz CT molecular complexity index is 985. The second kappa shape index (κ2) is 7.26. The van der Waals surface area contributed by atoms with Gasteiger partial charge in [0.15, 0.2) is 0 Å². The molecule has 1 aliphatic heterocycles. The summed E-state index contributed by atoms with van der Waals surface area (Å²) in [5.41, 5.74) is 5.87. The SMILES string of the molecule is CN1CCN(Nc2ncc3cc(-c4cccc([N+](=O)[O-])c4)ccc3n2)CC1. The lowest BCUT2D eigenvalue weighted by Crippen LogP contribution is -2.47. The van der Waals surface area contributed by atoms with Crippen molar-refractivity contribution in [1.29, 1.82) is 0 Å². The fourth-order valence-electron chi connectivity index (χ4n) is 3.13. The zero-order valence-electron chi connectivity index (χ0n) is 15.0. The van der Waals surface area contributed by atoms with Crippen LogP contribution in [0, 0.1) is 10.1 Å². The smallest absolute Gasteiger partial charge is 0.270 e. The van der Waals surface area contributed by atoms with E-state index in [0.29, 0.717) is 5.95 Å². The molecule has 0 radical (unpaired) electrons. The third-order valence-corrected chi connectivity index (χ3v) is 4.73. The molecule has 0 spiro atoms. The van der Waals surface area contributed by atoms with Crippen molar-refractivity contribution in [3.8, 4) is 11.1 Å². The minimum atomic E-state index is -0.385. The summed E-state index contributed by atoms with van der Waals surface area (Å²) < 4.78 is 0. The zero-order valence-corrected chi connectivity index (χ0v) is 15.0. The van der Waals surface area contributed by atoms with Crippen LogP contribution in [-0.4, -0.2) is 58.0 Å². The van der Waals surface area contributed by atoms with Gasteiger partial charge in [-0.25, -0.2) is 15.0 Å². The van der Waals surface area contributed by atoms with Gasteiger partial charge in [0, 0.05) is 49.9 Å². The molecule has 8 heteroatoms. The number of nitro groups is 1. The van der Waals surface area contributed by atoms with E-state index in [1.54, 1.807) is 18.3 Å². The van der Waals surface area contributed by atoms with Crippen molar-refractivity contribution in [2.24, 2.45) is 0 Å². The molecule has 4 rings (SSSR count). The number of nitrogens with one attached hydrogen (secondary N) is 1. The van der Waals surface area contributed by atoms with Crippen molar-refractivity contribution >= 4 is 22.5 Å². The van der Waals surface area contributed by atoms with Crippen LogP contribution < -0.4 is 5.43 Å². The Morgan fingerprint density at radius 2 is 1.85 bits per heavy atom. The summed E-state index contributed by atoms with van der Waals surface area (Å²) in [5, 5.41) is 14.0. The number of nitro benzene ring substituents is 1. The van der Waals surface area contributed by atoms with Crippen LogP contribution in [0.25, 0.3) is 22.0 Å². The van der Waals surface area contributed by atoms with Crippen molar-refractivity contribution in [3.05, 3.63) is 58.8 Å². The fourth-order valence-corrected chi connectivity index (χ4v) is 3.13. The average Bonchev–Trinajstić information content (AvgIpc) is 2.69. The van der Waals surface area contributed by atoms with Crippen molar-refractivity contribution in [2.45, 2.75) is 0 Å². The molecule has 1 N–H and O–H groups in total. The highest BCUT2D eigenvalue weighted by atomic mass is 16.6. The third kappa shape index (κ3) is 3.86. The van der Waals surface area contributed by atoms with E-state index < -0.39 is 0 Å². The second-order valence-electron chi connectivity index (χ2n) is 6.68. The number of anilines is 1. The molecule has 1 aliphatic rings. The quantitative estimate of drug-likeness (QED) is 0.562. The Kier molecular flexibility index (Phi) is 4.66. The molecule has 8 nitrogen and oxygen atoms in total. The normalized spacial score (nSPS) is 15.7. The number of non-ortho nitro benzene ring substituents is 1. The number of hydrogen-bond acceptors (Lipinski definition) is 7. The number of hydrazine groups is 1. The van der Waals surface area contributed by atoms with Crippen LogP contribution in [0.15, 0.2) is 48.7 Å². The molecule has 2 heterocycles. The maximum absolute atomic E-state index is 11.0. The molecule has 1 saturated heterocycles. The number of likely N-dealkylation sites (N-methyl/N-ethyl adjacent to an activating group) is 1. The Labute approximate surface area is 156 Å². The van der Waals surface area contributed by atoms with Crippen molar-refractivity contribution < 1.29 is 4.92 Å². The zero-order chi connectivity index (χ0) is 18.8. The van der Waals surface area contributed by atoms with Gasteiger partial charge in [0.2, 0.25) is 5.95 Å². The van der Waals surface area contributed by atoms with Crippen LogP contribution in [0.5, 0.6) is 0 Å². The first-order valence-electron chi connectivity index (χ1n) is 8.80. The highest BCUT2D eigenvalue weighted by Gasteiger charge is 2.14. The molecule has 1 fully saturated rings. The summed E-state index contributed by atoms with van der Waals surface area (Å²) in [5.74, 6) is 0.579. The first-order chi connectivity index (χ1) is 13.1. The Morgan fingerprint density at radius 1 is 1.07 bits per heavy atom. The Balaban J connectivity index is 1.57. The summed E-state index contributed by atoms with van der Waals surface area (Å²) in [6, 6.07) is 12.4. The predicted octanol–water partition coefficient (Wildman–Crippen LogP) is 2.78. The minimum Gasteiger partial charge on any atom is -0.304 e. The highest BCUT2D eigenvalue weighted by Crippen LogP contribution is 2.26. The number of nitrogens with zero attached hydrogens (tertiary/aromatic N) is 5. The first kappa shape index (κ1) is 17.3. The molecule has 1 aromatic heterocycles. The minimum absolute atomic E-state index is 0.0792. The van der Waals surface area contributed by atoms with E-state index in [4.69, 9.17) is 0 Å². The van der Waals surface area contributed by atoms with Crippen molar-refractivity contribution in [3.63, 3.8) is 0 Å². The van der Waals surface area contributed by atoms with Gasteiger partial charge in [-0.15, -0.1) is 0 Å². The maximum atomic E-state index is 11.0. The van der Waals surface area contributed by atoms with Crippen LogP contribution in [0.1, 0.15) is 0 Å². The number of piperazine rings is 1. The van der Waals surface area contributed by atoms with Gasteiger partial charge < -0.3 is 4.90 Å². The highest BCUT2D eigenvalue weighted by molar-refractivity contribution is 5.84. The maximum Gasteiger partial charge on any atom is 0.270 e. The van der Waals surface area contributed by atoms with Crippen LogP contribution in [0.2, 0.25) is 0 Å². The summed E-state index contributed by atoms with van der Waals surface area (Å²) in [6.07, 6.45) is 1.78. The molecule has 0 unspecified atom stereocenters. The van der Waals surface area contributed by atoms with Gasteiger partial charge in [0.05, 0.1) is 10.4 Å². The van der Waals surface area contributed by atoms with Crippen LogP contribution in [0.3, 0.4) is 0 Å². The first-order valence-corrected chi connectivity index (χ1v) is 8.80. The average molecular weight is 364 g/mol. The lowest BCUT2D eigenvalue weighted by molar-refractivity contribution is -0.384. The van der Waals surface area contributed by atoms with Crippen LogP contribution in [0.4, 0.5) is 11.6 Å². The molecule has 138 valence electrons. The lowest BCUT2D eigenvalue weighted by atomic mass is 10.0. The van der Waals surface area contributed by atoms with E-state index in [0.717, 1.165) is 48.2 Å². The second-order valence-corrected chi connectivity index (χ2v) is 6.68. The number of benzene rings is 2. The van der Waals surface area contributed by atoms with E-state index in [1.165, 1.54) is 6.07 Å². The molecule has 0 amide bonds. The summed E-state index contributed by atoms with van der Waals surface area (Å²) >= 11 is 0. The lowest BCUT2D eigenvalue weighted by Gasteiger charge is -2.32. The van der Waals surface area contributed by atoms with Crippen LogP contribution in [-0.2, 0) is 0 Å². The summed E-state index contributed by atoms with van der Waals surface area (Å²) in [7, 11) is 2.11. The molecule has 3 aromatic rings. The monoisotopic (exact) mass is 364 g/mol. The van der Waals surface area contributed by atoms with Gasteiger partial charge in [-0.2, -0.15) is 0 Å². The standard InChI is InChI=1S/C19H20N6O2/c1-23-7-9-24(10-8-23)22-19-20-13-16-11-15(5-6-18(16)21-19)14-3-2-4-17(12-14)25(26)27/h2-6,11-13H,7-10H2,1H3,(H,20,21,22). The molecule has 27 heavy (non-hydrogen) atoms. The van der Waals surface area contributed by atoms with E-state index >= 15 is 0 Å². The molecule has 0 aliphatic carbocycles. The number of hydrogen-bond donors (Lipinski definition) is 1. The van der Waals surface area contributed by atoms with E-state index in [2.05, 4.69) is 32.4 Å². The predicted molar refractivity (Wildman–Crippen MR) is 104 cm³/mol. The molecule has 2 aromatic carbocycles. The molecular weight excluding hydrogens is 344 g/mol. The van der Waals surface area contributed by atoms with Crippen molar-refractivity contribution in [2.75, 3.05) is 38.7 Å². The molecule has 0 saturated carbocycles. The fraction of sp³-hybridized carbons (Fsp3) is 0.263. The topological polar surface area (TPSA) is 87.4 Å². The van der Waals surface area contributed by atoms with E-state index in [1.807, 2.05) is 24.3 Å². The third-order valence-electron chi connectivity index (χ3n) is 4.73. The molecule has 0 atom stereocenters. The Morgan fingerprint density at radius 3 is 2.63 bits per heavy atom. The van der Waals surface area contributed by atoms with Crippen LogP contribution >= 0.6 is 0 Å². The summed E-state index contributed by atoms with van der Waals surface area (Å²) in [6.45, 7) is 3.85. The number of rotatable bonds is 4. The molecule has 0 bridgehead atoms. The van der Waals surface area contributed by atoms with Gasteiger partial charge in [-0.3, -0.25) is 15.5 Å². The van der Waals surface area contributed by atoms with Crippen molar-refractivity contribution in [1.82, 2.24) is 19.9 Å². The largest absolute Gasteiger partial charge is 0.304 e. The van der Waals surface area contributed by atoms with Gasteiger partial charge in [0.1, 0.15) is 0 Å². The van der Waals surface area contributed by atoms with Gasteiger partial charge >= 0.3 is 0 Å². The van der Waals surface area contributed by atoms with E-state index in [9.17, 15) is 10.1 Å².